The van der Waals surface area contributed by atoms with Gasteiger partial charge in [-0.15, -0.1) is 0 Å². The zero-order chi connectivity index (χ0) is 17.7. The Hall–Kier alpha value is -2.25. The molecule has 1 fully saturated rings. The minimum atomic E-state index is -4.39. The standard InChI is InChI=1S/C16H20F3N3O2/c1-12(23)21-7-9-22(10-8-21)15(24)5-6-20-14-4-2-3-13(11-14)16(17,18)19/h2-4,11,20H,5-10H2,1H3. The van der Waals surface area contributed by atoms with Gasteiger partial charge in [-0.25, -0.2) is 0 Å². The molecule has 2 amide bonds. The number of carbonyl (C=O) groups excluding carboxylic acids is 2. The highest BCUT2D eigenvalue weighted by Gasteiger charge is 2.30. The van der Waals surface area contributed by atoms with E-state index in [1.54, 1.807) is 9.80 Å². The molecule has 5 nitrogen and oxygen atoms in total. The number of halogens is 3. The van der Waals surface area contributed by atoms with Crippen LogP contribution in [0.3, 0.4) is 0 Å². The first-order chi connectivity index (χ1) is 11.3. The Balaban J connectivity index is 1.78. The van der Waals surface area contributed by atoms with Gasteiger partial charge < -0.3 is 15.1 Å². The summed E-state index contributed by atoms with van der Waals surface area (Å²) in [5.41, 5.74) is -0.391. The fraction of sp³-hybridized carbons (Fsp3) is 0.500. The normalized spacial score (nSPS) is 15.3. The molecule has 24 heavy (non-hydrogen) atoms. The average molecular weight is 343 g/mol. The molecule has 0 spiro atoms. The van der Waals surface area contributed by atoms with Crippen molar-refractivity contribution in [2.45, 2.75) is 19.5 Å². The second-order valence-corrected chi connectivity index (χ2v) is 5.64. The summed E-state index contributed by atoms with van der Waals surface area (Å²) in [6.07, 6.45) is -4.19. The monoisotopic (exact) mass is 343 g/mol. The minimum absolute atomic E-state index is 0.00619. The number of nitrogens with one attached hydrogen (secondary N) is 1. The van der Waals surface area contributed by atoms with Crippen molar-refractivity contribution in [1.29, 1.82) is 0 Å². The molecular weight excluding hydrogens is 323 g/mol. The fourth-order valence-corrected chi connectivity index (χ4v) is 2.55. The zero-order valence-electron chi connectivity index (χ0n) is 13.4. The summed E-state index contributed by atoms with van der Waals surface area (Å²) in [6, 6.07) is 4.89. The van der Waals surface area contributed by atoms with E-state index in [0.717, 1.165) is 12.1 Å². The molecule has 1 aromatic carbocycles. The van der Waals surface area contributed by atoms with Crippen LogP contribution in [-0.2, 0) is 15.8 Å². The molecule has 0 aromatic heterocycles. The van der Waals surface area contributed by atoms with E-state index in [4.69, 9.17) is 0 Å². The summed E-state index contributed by atoms with van der Waals surface area (Å²) in [4.78, 5) is 26.7. The number of rotatable bonds is 4. The van der Waals surface area contributed by atoms with Gasteiger partial charge in [0.05, 0.1) is 5.56 Å². The van der Waals surface area contributed by atoms with Crippen LogP contribution >= 0.6 is 0 Å². The van der Waals surface area contributed by atoms with Crippen molar-refractivity contribution in [2.24, 2.45) is 0 Å². The van der Waals surface area contributed by atoms with E-state index in [-0.39, 0.29) is 24.8 Å². The summed E-state index contributed by atoms with van der Waals surface area (Å²) < 4.78 is 37.9. The second-order valence-electron chi connectivity index (χ2n) is 5.64. The quantitative estimate of drug-likeness (QED) is 0.912. The molecular formula is C16H20F3N3O2. The van der Waals surface area contributed by atoms with E-state index in [0.29, 0.717) is 31.9 Å². The lowest BCUT2D eigenvalue weighted by molar-refractivity contribution is -0.138. The van der Waals surface area contributed by atoms with Crippen molar-refractivity contribution in [3.05, 3.63) is 29.8 Å². The van der Waals surface area contributed by atoms with E-state index in [9.17, 15) is 22.8 Å². The molecule has 0 unspecified atom stereocenters. The maximum absolute atomic E-state index is 12.6. The predicted molar refractivity (Wildman–Crippen MR) is 83.4 cm³/mol. The first-order valence-corrected chi connectivity index (χ1v) is 7.72. The third kappa shape index (κ3) is 4.87. The Morgan fingerprint density at radius 1 is 1.12 bits per heavy atom. The molecule has 1 aromatic rings. The van der Waals surface area contributed by atoms with Gasteiger partial charge in [0, 0.05) is 51.8 Å². The number of amides is 2. The number of benzene rings is 1. The van der Waals surface area contributed by atoms with Crippen LogP contribution in [0.2, 0.25) is 0 Å². The van der Waals surface area contributed by atoms with E-state index in [1.165, 1.54) is 19.1 Å². The highest BCUT2D eigenvalue weighted by molar-refractivity contribution is 5.78. The molecule has 1 aliphatic rings. The van der Waals surface area contributed by atoms with Crippen LogP contribution < -0.4 is 5.32 Å². The van der Waals surface area contributed by atoms with Crippen LogP contribution in [0, 0.1) is 0 Å². The van der Waals surface area contributed by atoms with Gasteiger partial charge in [0.15, 0.2) is 0 Å². The zero-order valence-corrected chi connectivity index (χ0v) is 13.4. The Labute approximate surface area is 138 Å². The van der Waals surface area contributed by atoms with Crippen LogP contribution in [0.4, 0.5) is 18.9 Å². The van der Waals surface area contributed by atoms with Crippen LogP contribution in [0.15, 0.2) is 24.3 Å². The molecule has 2 rings (SSSR count). The molecule has 1 aliphatic heterocycles. The topological polar surface area (TPSA) is 52.7 Å². The van der Waals surface area contributed by atoms with Crippen LogP contribution in [-0.4, -0.2) is 54.3 Å². The van der Waals surface area contributed by atoms with Crippen LogP contribution in [0.1, 0.15) is 18.9 Å². The third-order valence-electron chi connectivity index (χ3n) is 3.94. The molecule has 1 N–H and O–H groups in total. The molecule has 0 aliphatic carbocycles. The summed E-state index contributed by atoms with van der Waals surface area (Å²) in [5, 5.41) is 2.84. The smallest absolute Gasteiger partial charge is 0.385 e. The molecule has 1 saturated heterocycles. The fourth-order valence-electron chi connectivity index (χ4n) is 2.55. The molecule has 0 atom stereocenters. The molecule has 0 radical (unpaired) electrons. The Bertz CT molecular complexity index is 596. The van der Waals surface area contributed by atoms with Gasteiger partial charge in [0.25, 0.3) is 0 Å². The number of nitrogens with zero attached hydrogens (tertiary/aromatic N) is 2. The Kier molecular flexibility index (Phi) is 5.69. The predicted octanol–water partition coefficient (Wildman–Crippen LogP) is 2.20. The van der Waals surface area contributed by atoms with Crippen LogP contribution in [0.5, 0.6) is 0 Å². The lowest BCUT2D eigenvalue weighted by Gasteiger charge is -2.34. The number of hydrogen-bond acceptors (Lipinski definition) is 3. The number of anilines is 1. The number of hydrogen-bond donors (Lipinski definition) is 1. The molecule has 132 valence electrons. The molecule has 0 saturated carbocycles. The van der Waals surface area contributed by atoms with E-state index in [2.05, 4.69) is 5.32 Å². The number of piperazine rings is 1. The van der Waals surface area contributed by atoms with Gasteiger partial charge in [-0.3, -0.25) is 9.59 Å². The first-order valence-electron chi connectivity index (χ1n) is 7.72. The van der Waals surface area contributed by atoms with E-state index < -0.39 is 11.7 Å². The lowest BCUT2D eigenvalue weighted by atomic mass is 10.2. The van der Waals surface area contributed by atoms with Gasteiger partial charge >= 0.3 is 6.18 Å². The summed E-state index contributed by atoms with van der Waals surface area (Å²) in [6.45, 7) is 3.76. The third-order valence-corrected chi connectivity index (χ3v) is 3.94. The number of alkyl halides is 3. The van der Waals surface area contributed by atoms with E-state index >= 15 is 0 Å². The van der Waals surface area contributed by atoms with Gasteiger partial charge in [-0.1, -0.05) is 6.07 Å². The van der Waals surface area contributed by atoms with Crippen molar-refractivity contribution in [1.82, 2.24) is 9.80 Å². The van der Waals surface area contributed by atoms with E-state index in [1.807, 2.05) is 0 Å². The van der Waals surface area contributed by atoms with Gasteiger partial charge in [0.2, 0.25) is 11.8 Å². The minimum Gasteiger partial charge on any atom is -0.385 e. The average Bonchev–Trinajstić information content (AvgIpc) is 2.54. The maximum atomic E-state index is 12.6. The summed E-state index contributed by atoms with van der Waals surface area (Å²) >= 11 is 0. The van der Waals surface area contributed by atoms with Crippen molar-refractivity contribution in [3.63, 3.8) is 0 Å². The number of carbonyl (C=O) groups is 2. The van der Waals surface area contributed by atoms with Crippen molar-refractivity contribution >= 4 is 17.5 Å². The second kappa shape index (κ2) is 7.55. The summed E-state index contributed by atoms with van der Waals surface area (Å²) in [5.74, 6) is -0.0778. The van der Waals surface area contributed by atoms with Gasteiger partial charge in [-0.05, 0) is 18.2 Å². The molecule has 8 heteroatoms. The lowest BCUT2D eigenvalue weighted by Crippen LogP contribution is -2.50. The highest BCUT2D eigenvalue weighted by Crippen LogP contribution is 2.30. The Morgan fingerprint density at radius 3 is 2.33 bits per heavy atom. The Morgan fingerprint density at radius 2 is 1.75 bits per heavy atom. The van der Waals surface area contributed by atoms with Crippen molar-refractivity contribution in [2.75, 3.05) is 38.0 Å². The maximum Gasteiger partial charge on any atom is 0.416 e. The molecule has 0 bridgehead atoms. The SMILES string of the molecule is CC(=O)N1CCN(C(=O)CCNc2cccc(C(F)(F)F)c2)CC1. The van der Waals surface area contributed by atoms with Crippen LogP contribution in [0.25, 0.3) is 0 Å². The van der Waals surface area contributed by atoms with Gasteiger partial charge in [0.1, 0.15) is 0 Å². The van der Waals surface area contributed by atoms with Crippen molar-refractivity contribution < 1.29 is 22.8 Å². The summed E-state index contributed by atoms with van der Waals surface area (Å²) in [7, 11) is 0. The largest absolute Gasteiger partial charge is 0.416 e. The highest BCUT2D eigenvalue weighted by atomic mass is 19.4. The first kappa shape index (κ1) is 18.1. The van der Waals surface area contributed by atoms with Crippen molar-refractivity contribution in [3.8, 4) is 0 Å². The van der Waals surface area contributed by atoms with Gasteiger partial charge in [-0.2, -0.15) is 13.2 Å². The molecule has 1 heterocycles.